The minimum absolute atomic E-state index is 0.259. The lowest BCUT2D eigenvalue weighted by Gasteiger charge is -2.42. The van der Waals surface area contributed by atoms with Gasteiger partial charge in [-0.3, -0.25) is 4.79 Å². The average Bonchev–Trinajstić information content (AvgIpc) is 2.14. The first-order chi connectivity index (χ1) is 7.58. The Labute approximate surface area is 93.6 Å². The molecule has 0 atom stereocenters. The molecule has 1 aliphatic carbocycles. The topological polar surface area (TPSA) is 63.2 Å². The first kappa shape index (κ1) is 9.84. The largest absolute Gasteiger partial charge is 0.324 e. The predicted octanol–water partition coefficient (Wildman–Crippen LogP) is 1.34. The summed E-state index contributed by atoms with van der Waals surface area (Å²) in [4.78, 5) is 12.1. The SMILES string of the molecule is O=C1Nc2ccccc2S(=O)(=O)C12CCC2. The van der Waals surface area contributed by atoms with Crippen LogP contribution in [0.25, 0.3) is 0 Å². The van der Waals surface area contributed by atoms with Gasteiger partial charge in [0.15, 0.2) is 14.6 Å². The molecule has 0 aromatic heterocycles. The summed E-state index contributed by atoms with van der Waals surface area (Å²) in [6.07, 6.45) is 1.68. The van der Waals surface area contributed by atoms with Gasteiger partial charge in [0.25, 0.3) is 0 Å². The molecule has 0 bridgehead atoms. The number of carbonyl (C=O) groups is 1. The second kappa shape index (κ2) is 2.85. The molecular formula is C11H11NO3S. The van der Waals surface area contributed by atoms with E-state index in [0.29, 0.717) is 18.5 Å². The van der Waals surface area contributed by atoms with Gasteiger partial charge in [-0.25, -0.2) is 8.42 Å². The number of anilines is 1. The lowest BCUT2D eigenvalue weighted by Crippen LogP contribution is -2.57. The van der Waals surface area contributed by atoms with Crippen LogP contribution in [-0.4, -0.2) is 19.1 Å². The normalized spacial score (nSPS) is 24.4. The quantitative estimate of drug-likeness (QED) is 0.740. The molecule has 1 heterocycles. The van der Waals surface area contributed by atoms with Crippen LogP contribution in [0.4, 0.5) is 5.69 Å². The van der Waals surface area contributed by atoms with Gasteiger partial charge in [-0.2, -0.15) is 0 Å². The van der Waals surface area contributed by atoms with E-state index in [2.05, 4.69) is 5.32 Å². The average molecular weight is 237 g/mol. The minimum atomic E-state index is -3.51. The van der Waals surface area contributed by atoms with Gasteiger partial charge in [0.05, 0.1) is 10.6 Å². The van der Waals surface area contributed by atoms with Crippen molar-refractivity contribution in [2.45, 2.75) is 28.9 Å². The Morgan fingerprint density at radius 2 is 1.88 bits per heavy atom. The molecule has 5 heteroatoms. The van der Waals surface area contributed by atoms with Crippen molar-refractivity contribution in [2.75, 3.05) is 5.32 Å². The number of fused-ring (bicyclic) bond motifs is 1. The van der Waals surface area contributed by atoms with E-state index in [1.807, 2.05) is 0 Å². The van der Waals surface area contributed by atoms with Crippen molar-refractivity contribution < 1.29 is 13.2 Å². The summed E-state index contributed by atoms with van der Waals surface area (Å²) in [5, 5.41) is 2.69. The number of nitrogens with one attached hydrogen (secondary N) is 1. The Kier molecular flexibility index (Phi) is 1.75. The van der Waals surface area contributed by atoms with E-state index in [4.69, 9.17) is 0 Å². The third-order valence-electron chi connectivity index (χ3n) is 3.51. The van der Waals surface area contributed by atoms with Crippen LogP contribution in [-0.2, 0) is 14.6 Å². The summed E-state index contributed by atoms with van der Waals surface area (Å²) < 4.78 is 23.5. The number of hydrogen-bond donors (Lipinski definition) is 1. The Bertz CT molecular complexity index is 573. The van der Waals surface area contributed by atoms with Crippen LogP contribution < -0.4 is 5.32 Å². The Hall–Kier alpha value is -1.36. The molecule has 4 nitrogen and oxygen atoms in total. The molecule has 1 saturated carbocycles. The fraction of sp³-hybridized carbons (Fsp3) is 0.364. The number of amides is 1. The first-order valence-corrected chi connectivity index (χ1v) is 6.71. The maximum Gasteiger partial charge on any atom is 0.246 e. The highest BCUT2D eigenvalue weighted by atomic mass is 32.2. The van der Waals surface area contributed by atoms with Gasteiger partial charge in [-0.1, -0.05) is 12.1 Å². The molecule has 16 heavy (non-hydrogen) atoms. The fourth-order valence-electron chi connectivity index (χ4n) is 2.37. The van der Waals surface area contributed by atoms with Crippen molar-refractivity contribution in [3.63, 3.8) is 0 Å². The molecule has 84 valence electrons. The van der Waals surface area contributed by atoms with E-state index in [1.165, 1.54) is 0 Å². The van der Waals surface area contributed by atoms with Crippen LogP contribution in [0.1, 0.15) is 19.3 Å². The monoisotopic (exact) mass is 237 g/mol. The van der Waals surface area contributed by atoms with E-state index >= 15 is 0 Å². The Balaban J connectivity index is 2.29. The van der Waals surface area contributed by atoms with Gasteiger partial charge in [0.2, 0.25) is 5.91 Å². The van der Waals surface area contributed by atoms with E-state index in [9.17, 15) is 13.2 Å². The maximum absolute atomic E-state index is 12.4. The zero-order valence-corrected chi connectivity index (χ0v) is 9.38. The molecule has 2 aliphatic rings. The van der Waals surface area contributed by atoms with E-state index in [1.54, 1.807) is 24.3 Å². The van der Waals surface area contributed by atoms with Crippen LogP contribution >= 0.6 is 0 Å². The zero-order valence-electron chi connectivity index (χ0n) is 8.56. The molecule has 1 N–H and O–H groups in total. The summed E-state index contributed by atoms with van der Waals surface area (Å²) in [6.45, 7) is 0. The van der Waals surface area contributed by atoms with E-state index in [0.717, 1.165) is 6.42 Å². The third kappa shape index (κ3) is 0.942. The van der Waals surface area contributed by atoms with Crippen LogP contribution in [0.15, 0.2) is 29.2 Å². The molecule has 0 unspecified atom stereocenters. The molecule has 0 radical (unpaired) electrons. The Morgan fingerprint density at radius 1 is 1.19 bits per heavy atom. The van der Waals surface area contributed by atoms with Gasteiger partial charge in [0, 0.05) is 0 Å². The predicted molar refractivity (Wildman–Crippen MR) is 58.8 cm³/mol. The number of hydrogen-bond acceptors (Lipinski definition) is 3. The van der Waals surface area contributed by atoms with Crippen LogP contribution in [0, 0.1) is 0 Å². The summed E-state index contributed by atoms with van der Waals surface area (Å²) >= 11 is 0. The van der Waals surface area contributed by atoms with Gasteiger partial charge in [0.1, 0.15) is 0 Å². The molecule has 1 aromatic carbocycles. The molecule has 0 saturated heterocycles. The number of sulfone groups is 1. The van der Waals surface area contributed by atoms with Crippen molar-refractivity contribution in [3.8, 4) is 0 Å². The van der Waals surface area contributed by atoms with Crippen molar-refractivity contribution in [2.24, 2.45) is 0 Å². The third-order valence-corrected chi connectivity index (χ3v) is 6.07. The summed E-state index contributed by atoms with van der Waals surface area (Å²) in [6, 6.07) is 6.58. The maximum atomic E-state index is 12.4. The molecule has 1 spiro atoms. The van der Waals surface area contributed by atoms with Gasteiger partial charge < -0.3 is 5.32 Å². The summed E-state index contributed by atoms with van der Waals surface area (Å²) in [5.74, 6) is -0.363. The van der Waals surface area contributed by atoms with Crippen molar-refractivity contribution >= 4 is 21.4 Å². The van der Waals surface area contributed by atoms with Gasteiger partial charge in [-0.15, -0.1) is 0 Å². The van der Waals surface area contributed by atoms with Crippen molar-refractivity contribution in [1.82, 2.24) is 0 Å². The van der Waals surface area contributed by atoms with Crippen molar-refractivity contribution in [1.29, 1.82) is 0 Å². The van der Waals surface area contributed by atoms with Gasteiger partial charge >= 0.3 is 0 Å². The molecular weight excluding hydrogens is 226 g/mol. The molecule has 1 aromatic rings. The first-order valence-electron chi connectivity index (χ1n) is 5.23. The molecule has 1 fully saturated rings. The second-order valence-corrected chi connectivity index (χ2v) is 6.53. The summed E-state index contributed by atoms with van der Waals surface area (Å²) in [5.41, 5.74) is 0.407. The highest BCUT2D eigenvalue weighted by Gasteiger charge is 2.58. The Morgan fingerprint density at radius 3 is 2.50 bits per heavy atom. The lowest BCUT2D eigenvalue weighted by atomic mass is 9.83. The smallest absolute Gasteiger partial charge is 0.246 e. The standard InChI is InChI=1S/C11H11NO3S/c13-10-11(6-3-7-11)16(14,15)9-5-2-1-4-8(9)12-10/h1-2,4-5H,3,6-7H2,(H,12,13). The van der Waals surface area contributed by atoms with Crippen LogP contribution in [0.5, 0.6) is 0 Å². The van der Waals surface area contributed by atoms with Gasteiger partial charge in [-0.05, 0) is 31.4 Å². The number of para-hydroxylation sites is 1. The highest BCUT2D eigenvalue weighted by Crippen LogP contribution is 2.47. The fourth-order valence-corrected chi connectivity index (χ4v) is 4.58. The van der Waals surface area contributed by atoms with Crippen LogP contribution in [0.2, 0.25) is 0 Å². The molecule has 3 rings (SSSR count). The number of carbonyl (C=O) groups excluding carboxylic acids is 1. The highest BCUT2D eigenvalue weighted by molar-refractivity contribution is 7.94. The zero-order chi connectivity index (χ0) is 11.4. The number of rotatable bonds is 0. The summed E-state index contributed by atoms with van der Waals surface area (Å²) in [7, 11) is -3.51. The second-order valence-electron chi connectivity index (χ2n) is 4.30. The number of benzene rings is 1. The molecule has 1 amide bonds. The minimum Gasteiger partial charge on any atom is -0.324 e. The lowest BCUT2D eigenvalue weighted by molar-refractivity contribution is -0.120. The van der Waals surface area contributed by atoms with Crippen LogP contribution in [0.3, 0.4) is 0 Å². The van der Waals surface area contributed by atoms with E-state index < -0.39 is 14.6 Å². The van der Waals surface area contributed by atoms with E-state index in [-0.39, 0.29) is 10.8 Å². The molecule has 1 aliphatic heterocycles. The van der Waals surface area contributed by atoms with Crippen molar-refractivity contribution in [3.05, 3.63) is 24.3 Å².